The maximum Gasteiger partial charge on any atom is 0.237 e. The number of nitrogens with zero attached hydrogens (tertiary/aromatic N) is 1. The van der Waals surface area contributed by atoms with Crippen LogP contribution in [0.15, 0.2) is 0 Å². The Morgan fingerprint density at radius 2 is 2.00 bits per heavy atom. The van der Waals surface area contributed by atoms with Gasteiger partial charge in [-0.2, -0.15) is 0 Å². The summed E-state index contributed by atoms with van der Waals surface area (Å²) in [7, 11) is 0. The van der Waals surface area contributed by atoms with E-state index in [4.69, 9.17) is 5.11 Å². The molecule has 0 bridgehead atoms. The lowest BCUT2D eigenvalue weighted by Gasteiger charge is -2.31. The molecule has 0 aromatic rings. The van der Waals surface area contributed by atoms with Gasteiger partial charge >= 0.3 is 0 Å². The Bertz CT molecular complexity index is 217. The fourth-order valence-corrected chi connectivity index (χ4v) is 1.45. The highest BCUT2D eigenvalue weighted by atomic mass is 16.3. The van der Waals surface area contributed by atoms with Gasteiger partial charge in [0.15, 0.2) is 0 Å². The molecule has 16 heavy (non-hydrogen) atoms. The summed E-state index contributed by atoms with van der Waals surface area (Å²) in [5.74, 6) is 0.0298. The first-order valence-corrected chi connectivity index (χ1v) is 6.04. The smallest absolute Gasteiger partial charge is 0.237 e. The molecule has 0 aliphatic heterocycles. The zero-order chi connectivity index (χ0) is 12.8. The summed E-state index contributed by atoms with van der Waals surface area (Å²) in [6.07, 6.45) is 0.900. The third-order valence-electron chi connectivity index (χ3n) is 3.07. The van der Waals surface area contributed by atoms with Gasteiger partial charge < -0.3 is 10.4 Å². The highest BCUT2D eigenvalue weighted by Crippen LogP contribution is 2.08. The zero-order valence-corrected chi connectivity index (χ0v) is 11.2. The number of rotatable bonds is 7. The molecular weight excluding hydrogens is 204 g/mol. The van der Waals surface area contributed by atoms with Crippen molar-refractivity contribution < 1.29 is 9.90 Å². The van der Waals surface area contributed by atoms with Crippen LogP contribution in [0.1, 0.15) is 41.0 Å². The molecule has 1 unspecified atom stereocenters. The molecule has 0 rings (SSSR count). The molecule has 2 N–H and O–H groups in total. The molecular formula is C12H26N2O2. The molecule has 0 fully saturated rings. The maximum absolute atomic E-state index is 12.0. The third kappa shape index (κ3) is 4.94. The molecule has 0 saturated heterocycles. The normalized spacial score (nSPS) is 13.9. The molecule has 1 amide bonds. The maximum atomic E-state index is 12.0. The van der Waals surface area contributed by atoms with Crippen molar-refractivity contribution in [2.75, 3.05) is 19.7 Å². The van der Waals surface area contributed by atoms with Crippen molar-refractivity contribution in [3.05, 3.63) is 0 Å². The van der Waals surface area contributed by atoms with Crippen molar-refractivity contribution >= 4 is 5.91 Å². The highest BCUT2D eigenvalue weighted by molar-refractivity contribution is 5.81. The van der Waals surface area contributed by atoms with Gasteiger partial charge in [0, 0.05) is 12.1 Å². The number of hydrogen-bond donors (Lipinski definition) is 2. The zero-order valence-electron chi connectivity index (χ0n) is 11.2. The van der Waals surface area contributed by atoms with E-state index in [2.05, 4.69) is 12.2 Å². The van der Waals surface area contributed by atoms with Crippen LogP contribution in [0.2, 0.25) is 0 Å². The number of hydrogen-bond acceptors (Lipinski definition) is 3. The minimum absolute atomic E-state index is 0.0298. The summed E-state index contributed by atoms with van der Waals surface area (Å²) >= 11 is 0. The molecule has 0 aliphatic rings. The van der Waals surface area contributed by atoms with Crippen LogP contribution in [0.3, 0.4) is 0 Å². The van der Waals surface area contributed by atoms with Gasteiger partial charge in [-0.1, -0.05) is 13.8 Å². The van der Waals surface area contributed by atoms with E-state index in [-0.39, 0.29) is 24.1 Å². The molecule has 0 aromatic carbocycles. The molecule has 1 atom stereocenters. The molecule has 4 heteroatoms. The van der Waals surface area contributed by atoms with Gasteiger partial charge in [0.2, 0.25) is 5.91 Å². The van der Waals surface area contributed by atoms with Crippen molar-refractivity contribution in [3.8, 4) is 0 Å². The second-order valence-electron chi connectivity index (χ2n) is 4.75. The number of aliphatic hydroxyl groups is 1. The van der Waals surface area contributed by atoms with Gasteiger partial charge in [0.1, 0.15) is 0 Å². The first-order chi connectivity index (χ1) is 7.37. The fraction of sp³-hybridized carbons (Fsp3) is 0.917. The number of amides is 1. The number of carbonyl (C=O) groups is 1. The van der Waals surface area contributed by atoms with Crippen molar-refractivity contribution in [2.24, 2.45) is 0 Å². The fourth-order valence-electron chi connectivity index (χ4n) is 1.45. The minimum Gasteiger partial charge on any atom is -0.395 e. The van der Waals surface area contributed by atoms with Crippen LogP contribution < -0.4 is 5.32 Å². The topological polar surface area (TPSA) is 52.6 Å². The molecule has 0 spiro atoms. The molecule has 96 valence electrons. The molecule has 4 nitrogen and oxygen atoms in total. The SMILES string of the molecule is CCN(CCO)C(C)C(=O)NC(C)(C)CC. The van der Waals surface area contributed by atoms with E-state index in [1.807, 2.05) is 32.6 Å². The van der Waals surface area contributed by atoms with Gasteiger partial charge in [-0.25, -0.2) is 0 Å². The van der Waals surface area contributed by atoms with Crippen LogP contribution in [0, 0.1) is 0 Å². The van der Waals surface area contributed by atoms with E-state index in [1.54, 1.807) is 0 Å². The van der Waals surface area contributed by atoms with Crippen LogP contribution in [0.5, 0.6) is 0 Å². The van der Waals surface area contributed by atoms with E-state index in [1.165, 1.54) is 0 Å². The van der Waals surface area contributed by atoms with Crippen LogP contribution in [0.4, 0.5) is 0 Å². The van der Waals surface area contributed by atoms with E-state index in [9.17, 15) is 4.79 Å². The van der Waals surface area contributed by atoms with Crippen LogP contribution in [-0.4, -0.2) is 47.2 Å². The summed E-state index contributed by atoms with van der Waals surface area (Å²) in [5, 5.41) is 11.9. The quantitative estimate of drug-likeness (QED) is 0.686. The van der Waals surface area contributed by atoms with Gasteiger partial charge in [-0.15, -0.1) is 0 Å². The summed E-state index contributed by atoms with van der Waals surface area (Å²) in [6, 6.07) is -0.192. The molecule has 0 aromatic heterocycles. The van der Waals surface area contributed by atoms with E-state index < -0.39 is 0 Å². The van der Waals surface area contributed by atoms with E-state index in [0.717, 1.165) is 13.0 Å². The summed E-state index contributed by atoms with van der Waals surface area (Å²) in [4.78, 5) is 13.9. The Hall–Kier alpha value is -0.610. The Kier molecular flexibility index (Phi) is 6.60. The number of likely N-dealkylation sites (N-methyl/N-ethyl adjacent to an activating group) is 1. The molecule has 0 saturated carbocycles. The number of carbonyl (C=O) groups excluding carboxylic acids is 1. The van der Waals surface area contributed by atoms with E-state index in [0.29, 0.717) is 6.54 Å². The third-order valence-corrected chi connectivity index (χ3v) is 3.07. The second-order valence-corrected chi connectivity index (χ2v) is 4.75. The molecule has 0 radical (unpaired) electrons. The average molecular weight is 230 g/mol. The number of aliphatic hydroxyl groups excluding tert-OH is 1. The van der Waals surface area contributed by atoms with Crippen molar-refractivity contribution in [3.63, 3.8) is 0 Å². The summed E-state index contributed by atoms with van der Waals surface area (Å²) in [5.41, 5.74) is -0.163. The minimum atomic E-state index is -0.192. The molecule has 0 aliphatic carbocycles. The van der Waals surface area contributed by atoms with Gasteiger partial charge in [0.05, 0.1) is 12.6 Å². The standard InChI is InChI=1S/C12H26N2O2/c1-6-12(4,5)13-11(16)10(3)14(7-2)8-9-15/h10,15H,6-9H2,1-5H3,(H,13,16). The Labute approximate surface area is 99.0 Å². The van der Waals surface area contributed by atoms with Crippen molar-refractivity contribution in [1.29, 1.82) is 0 Å². The van der Waals surface area contributed by atoms with Crippen LogP contribution >= 0.6 is 0 Å². The lowest BCUT2D eigenvalue weighted by atomic mass is 10.0. The Morgan fingerprint density at radius 3 is 2.38 bits per heavy atom. The van der Waals surface area contributed by atoms with Crippen molar-refractivity contribution in [1.82, 2.24) is 10.2 Å². The van der Waals surface area contributed by atoms with Crippen molar-refractivity contribution in [2.45, 2.75) is 52.6 Å². The van der Waals surface area contributed by atoms with Gasteiger partial charge in [0.25, 0.3) is 0 Å². The van der Waals surface area contributed by atoms with Crippen LogP contribution in [0.25, 0.3) is 0 Å². The monoisotopic (exact) mass is 230 g/mol. The van der Waals surface area contributed by atoms with Gasteiger partial charge in [-0.05, 0) is 33.7 Å². The van der Waals surface area contributed by atoms with Crippen LogP contribution in [-0.2, 0) is 4.79 Å². The summed E-state index contributed by atoms with van der Waals surface area (Å²) in [6.45, 7) is 11.3. The lowest BCUT2D eigenvalue weighted by Crippen LogP contribution is -2.52. The predicted octanol–water partition coefficient (Wildman–Crippen LogP) is 0.994. The highest BCUT2D eigenvalue weighted by Gasteiger charge is 2.24. The van der Waals surface area contributed by atoms with E-state index >= 15 is 0 Å². The predicted molar refractivity (Wildman–Crippen MR) is 66.3 cm³/mol. The molecule has 0 heterocycles. The first-order valence-electron chi connectivity index (χ1n) is 6.04. The Balaban J connectivity index is 4.36. The summed E-state index contributed by atoms with van der Waals surface area (Å²) < 4.78 is 0. The first kappa shape index (κ1) is 15.4. The lowest BCUT2D eigenvalue weighted by molar-refractivity contribution is -0.127. The second kappa shape index (κ2) is 6.86. The number of nitrogens with one attached hydrogen (secondary N) is 1. The average Bonchev–Trinajstić information content (AvgIpc) is 2.24. The Morgan fingerprint density at radius 1 is 1.44 bits per heavy atom. The van der Waals surface area contributed by atoms with Gasteiger partial charge in [-0.3, -0.25) is 9.69 Å². The largest absolute Gasteiger partial charge is 0.395 e.